The average molecular weight is 246 g/mol. The molecule has 0 fully saturated rings. The van der Waals surface area contributed by atoms with Gasteiger partial charge in [0.2, 0.25) is 5.91 Å². The van der Waals surface area contributed by atoms with E-state index in [1.54, 1.807) is 0 Å². The third-order valence-electron chi connectivity index (χ3n) is 1.66. The number of thioether (sulfide) groups is 1. The lowest BCUT2D eigenvalue weighted by Gasteiger charge is -2.13. The summed E-state index contributed by atoms with van der Waals surface area (Å²) in [5.41, 5.74) is 0. The maximum atomic E-state index is 11.2. The highest BCUT2D eigenvalue weighted by atomic mass is 32.2. The monoisotopic (exact) mass is 246 g/mol. The van der Waals surface area contributed by atoms with E-state index in [0.29, 0.717) is 0 Å². The lowest BCUT2D eigenvalue weighted by atomic mass is 10.2. The molecule has 6 nitrogen and oxygen atoms in total. The lowest BCUT2D eigenvalue weighted by Crippen LogP contribution is -2.35. The highest BCUT2D eigenvalue weighted by Crippen LogP contribution is 1.98. The zero-order chi connectivity index (χ0) is 12.4. The molecule has 0 spiro atoms. The summed E-state index contributed by atoms with van der Waals surface area (Å²) in [5, 5.41) is 19.3. The minimum Gasteiger partial charge on any atom is -0.481 e. The molecule has 0 heterocycles. The van der Waals surface area contributed by atoms with Gasteiger partial charge in [0, 0.05) is 13.7 Å². The van der Waals surface area contributed by atoms with Crippen molar-refractivity contribution in [2.24, 2.45) is 0 Å². The second kappa shape index (κ2) is 9.00. The fourth-order valence-electron chi connectivity index (χ4n) is 0.902. The molecule has 16 heavy (non-hydrogen) atoms. The van der Waals surface area contributed by atoms with E-state index in [2.05, 4.69) is 5.32 Å². The van der Waals surface area contributed by atoms with E-state index in [0.717, 1.165) is 0 Å². The van der Waals surface area contributed by atoms with Gasteiger partial charge in [-0.25, -0.2) is 0 Å². The molecule has 1 atom stereocenters. The van der Waals surface area contributed by atoms with Crippen LogP contribution in [0, 0.1) is 11.3 Å². The van der Waals surface area contributed by atoms with Gasteiger partial charge in [-0.15, -0.1) is 11.8 Å². The number of amides is 1. The van der Waals surface area contributed by atoms with Crippen LogP contribution in [0.15, 0.2) is 0 Å². The topological polar surface area (TPSA) is 99.4 Å². The third kappa shape index (κ3) is 8.08. The van der Waals surface area contributed by atoms with E-state index in [1.807, 2.05) is 6.07 Å². The number of carbonyl (C=O) groups is 2. The van der Waals surface area contributed by atoms with Crippen LogP contribution < -0.4 is 5.32 Å². The Balaban J connectivity index is 3.71. The summed E-state index contributed by atoms with van der Waals surface area (Å²) in [4.78, 5) is 21.6. The number of nitriles is 1. The number of nitrogens with one attached hydrogen (secondary N) is 1. The Bertz CT molecular complexity index is 277. The zero-order valence-electron chi connectivity index (χ0n) is 8.93. The second-order valence-electron chi connectivity index (χ2n) is 2.91. The number of hydrogen-bond donors (Lipinski definition) is 2. The Morgan fingerprint density at radius 3 is 2.81 bits per heavy atom. The van der Waals surface area contributed by atoms with Crippen molar-refractivity contribution in [3.8, 4) is 6.07 Å². The number of rotatable bonds is 8. The molecule has 0 radical (unpaired) electrons. The van der Waals surface area contributed by atoms with Gasteiger partial charge in [0.25, 0.3) is 0 Å². The molecule has 1 unspecified atom stereocenters. The Hall–Kier alpha value is -1.26. The summed E-state index contributed by atoms with van der Waals surface area (Å²) < 4.78 is 4.88. The van der Waals surface area contributed by atoms with Crippen molar-refractivity contribution in [3.05, 3.63) is 0 Å². The van der Waals surface area contributed by atoms with Crippen LogP contribution in [0.5, 0.6) is 0 Å². The Morgan fingerprint density at radius 2 is 2.31 bits per heavy atom. The molecule has 0 aliphatic carbocycles. The quantitative estimate of drug-likeness (QED) is 0.578. The van der Waals surface area contributed by atoms with E-state index in [-0.39, 0.29) is 30.4 Å². The number of carbonyl (C=O) groups excluding carboxylic acids is 1. The van der Waals surface area contributed by atoms with Crippen LogP contribution in [-0.4, -0.2) is 48.2 Å². The van der Waals surface area contributed by atoms with Crippen molar-refractivity contribution >= 4 is 23.6 Å². The van der Waals surface area contributed by atoms with Gasteiger partial charge in [-0.2, -0.15) is 5.26 Å². The summed E-state index contributed by atoms with van der Waals surface area (Å²) in [6, 6.07) is 1.91. The van der Waals surface area contributed by atoms with E-state index in [9.17, 15) is 9.59 Å². The molecule has 0 bridgehead atoms. The number of carboxylic acid groups (broad SMARTS) is 1. The highest BCUT2D eigenvalue weighted by Gasteiger charge is 2.13. The number of aliphatic carboxylic acids is 1. The molecule has 0 aromatic heterocycles. The van der Waals surface area contributed by atoms with Crippen molar-refractivity contribution in [2.75, 3.05) is 25.2 Å². The van der Waals surface area contributed by atoms with E-state index < -0.39 is 12.1 Å². The van der Waals surface area contributed by atoms with Crippen LogP contribution in [0.25, 0.3) is 0 Å². The molecule has 0 saturated carbocycles. The van der Waals surface area contributed by atoms with Crippen molar-refractivity contribution in [3.63, 3.8) is 0 Å². The third-order valence-corrected chi connectivity index (χ3v) is 2.46. The molecule has 2 N–H and O–H groups in total. The molecular formula is C9H14N2O4S. The maximum Gasteiger partial charge on any atom is 0.306 e. The Morgan fingerprint density at radius 1 is 1.62 bits per heavy atom. The van der Waals surface area contributed by atoms with E-state index in [4.69, 9.17) is 15.1 Å². The lowest BCUT2D eigenvalue weighted by molar-refractivity contribution is -0.140. The van der Waals surface area contributed by atoms with Gasteiger partial charge in [-0.05, 0) is 0 Å². The van der Waals surface area contributed by atoms with Crippen LogP contribution in [0.4, 0.5) is 0 Å². The average Bonchev–Trinajstić information content (AvgIpc) is 2.24. The minimum atomic E-state index is -0.972. The first kappa shape index (κ1) is 14.7. The Kier molecular flexibility index (Phi) is 8.29. The van der Waals surface area contributed by atoms with E-state index in [1.165, 1.54) is 18.9 Å². The molecule has 0 aromatic carbocycles. The van der Waals surface area contributed by atoms with Gasteiger partial charge in [-0.1, -0.05) is 0 Å². The molecule has 0 rings (SSSR count). The summed E-state index contributed by atoms with van der Waals surface area (Å²) in [6.07, 6.45) is -0.676. The molecule has 0 saturated heterocycles. The summed E-state index contributed by atoms with van der Waals surface area (Å²) >= 11 is 1.20. The smallest absolute Gasteiger partial charge is 0.306 e. The second-order valence-corrected chi connectivity index (χ2v) is 3.90. The van der Waals surface area contributed by atoms with Gasteiger partial charge in [0.05, 0.1) is 30.1 Å². The number of hydrogen-bond acceptors (Lipinski definition) is 5. The number of methoxy groups -OCH3 is 1. The van der Waals surface area contributed by atoms with Gasteiger partial charge < -0.3 is 15.2 Å². The standard InChI is InChI=1S/C9H14N2O4S/c1-15-7(4-9(13)14)5-11-8(12)6-16-3-2-10/h7H,3-6H2,1H3,(H,11,12)(H,13,14). The predicted octanol–water partition coefficient (Wildman–Crippen LogP) is -0.151. The van der Waals surface area contributed by atoms with Crippen LogP contribution in [0.1, 0.15) is 6.42 Å². The largest absolute Gasteiger partial charge is 0.481 e. The Labute approximate surface area is 98.0 Å². The van der Waals surface area contributed by atoms with Crippen LogP contribution in [-0.2, 0) is 14.3 Å². The van der Waals surface area contributed by atoms with Crippen molar-refractivity contribution < 1.29 is 19.4 Å². The van der Waals surface area contributed by atoms with Gasteiger partial charge in [-0.3, -0.25) is 9.59 Å². The van der Waals surface area contributed by atoms with E-state index >= 15 is 0 Å². The SMILES string of the molecule is COC(CNC(=O)CSCC#N)CC(=O)O. The van der Waals surface area contributed by atoms with Gasteiger partial charge >= 0.3 is 5.97 Å². The number of nitrogens with zero attached hydrogens (tertiary/aromatic N) is 1. The van der Waals surface area contributed by atoms with Crippen LogP contribution in [0.3, 0.4) is 0 Å². The molecule has 1 amide bonds. The molecule has 0 aliphatic heterocycles. The minimum absolute atomic E-state index is 0.151. The summed E-state index contributed by atoms with van der Waals surface area (Å²) in [5.74, 6) is -0.750. The fourth-order valence-corrected chi connectivity index (χ4v) is 1.38. The first-order valence-corrected chi connectivity index (χ1v) is 5.71. The van der Waals surface area contributed by atoms with Gasteiger partial charge in [0.15, 0.2) is 0 Å². The maximum absolute atomic E-state index is 11.2. The van der Waals surface area contributed by atoms with Crippen LogP contribution >= 0.6 is 11.8 Å². The summed E-state index contributed by atoms with van der Waals surface area (Å²) in [6.45, 7) is 0.161. The van der Waals surface area contributed by atoms with Crippen molar-refractivity contribution in [1.29, 1.82) is 5.26 Å². The molecule has 90 valence electrons. The number of carboxylic acids is 1. The predicted molar refractivity (Wildman–Crippen MR) is 59.0 cm³/mol. The first-order chi connectivity index (χ1) is 7.60. The summed E-state index contributed by atoms with van der Waals surface area (Å²) in [7, 11) is 1.39. The zero-order valence-corrected chi connectivity index (χ0v) is 9.75. The number of ether oxygens (including phenoxy) is 1. The fraction of sp³-hybridized carbons (Fsp3) is 0.667. The van der Waals surface area contributed by atoms with Crippen molar-refractivity contribution in [2.45, 2.75) is 12.5 Å². The molecular weight excluding hydrogens is 232 g/mol. The van der Waals surface area contributed by atoms with Crippen LogP contribution in [0.2, 0.25) is 0 Å². The highest BCUT2D eigenvalue weighted by molar-refractivity contribution is 8.00. The molecule has 0 aliphatic rings. The van der Waals surface area contributed by atoms with Crippen molar-refractivity contribution in [1.82, 2.24) is 5.32 Å². The van der Waals surface area contributed by atoms with Gasteiger partial charge in [0.1, 0.15) is 0 Å². The molecule has 0 aromatic rings. The first-order valence-electron chi connectivity index (χ1n) is 4.56. The molecule has 7 heteroatoms. The normalized spacial score (nSPS) is 11.5.